The number of fused-ring (bicyclic) bond motifs is 2. The van der Waals surface area contributed by atoms with Gasteiger partial charge in [-0.05, 0) is 94.7 Å². The topological polar surface area (TPSA) is 103 Å². The van der Waals surface area contributed by atoms with Crippen molar-refractivity contribution >= 4 is 21.5 Å². The van der Waals surface area contributed by atoms with Crippen molar-refractivity contribution in [3.05, 3.63) is 196 Å². The standard InChI is InChI=1S/2C24H16N4/c2*1-2-4-21-19(3-1)15-27-16-22(21)20-13-23(17-5-9-25-10-6-17)28-24(14-20)18-7-11-26-12-8-18/h2*1-16H. The molecule has 0 fully saturated rings. The van der Waals surface area contributed by atoms with Crippen molar-refractivity contribution in [1.82, 2.24) is 39.9 Å². The SMILES string of the molecule is c1ccc2c(-c3cc(-c4ccncc4)nc(-c4ccncc4)c3)cncc2c1.c1ccc2c(-c3cc(-c4ccncc4)nc(-c4ccncc4)c3)cncc2c1. The minimum absolute atomic E-state index is 0.902. The van der Waals surface area contributed by atoms with Crippen molar-refractivity contribution in [3.63, 3.8) is 0 Å². The van der Waals surface area contributed by atoms with Gasteiger partial charge in [-0.1, -0.05) is 48.5 Å². The first-order valence-electron chi connectivity index (χ1n) is 18.1. The first-order chi connectivity index (χ1) is 27.8. The van der Waals surface area contributed by atoms with Crippen LogP contribution in [0.15, 0.2) is 196 Å². The molecule has 0 spiro atoms. The van der Waals surface area contributed by atoms with E-state index in [4.69, 9.17) is 9.97 Å². The Labute approximate surface area is 323 Å². The molecule has 0 aliphatic carbocycles. The molecule has 0 aliphatic heterocycles. The molecule has 8 heterocycles. The highest BCUT2D eigenvalue weighted by atomic mass is 14.7. The van der Waals surface area contributed by atoms with Crippen molar-refractivity contribution in [3.8, 4) is 67.3 Å². The third-order valence-corrected chi connectivity index (χ3v) is 9.51. The van der Waals surface area contributed by atoms with E-state index < -0.39 is 0 Å². The van der Waals surface area contributed by atoms with E-state index in [1.54, 1.807) is 49.6 Å². The van der Waals surface area contributed by atoms with E-state index in [1.165, 1.54) is 10.8 Å². The molecule has 8 heteroatoms. The lowest BCUT2D eigenvalue weighted by molar-refractivity contribution is 1.27. The lowest BCUT2D eigenvalue weighted by atomic mass is 9.98. The largest absolute Gasteiger partial charge is 0.265 e. The van der Waals surface area contributed by atoms with Gasteiger partial charge >= 0.3 is 0 Å². The zero-order valence-electron chi connectivity index (χ0n) is 30.1. The summed E-state index contributed by atoms with van der Waals surface area (Å²) in [6, 6.07) is 40.9. The molecular weight excluding hydrogens is 689 g/mol. The van der Waals surface area contributed by atoms with Gasteiger partial charge in [-0.2, -0.15) is 0 Å². The summed E-state index contributed by atoms with van der Waals surface area (Å²) in [5.74, 6) is 0. The van der Waals surface area contributed by atoms with Crippen molar-refractivity contribution < 1.29 is 0 Å². The Balaban J connectivity index is 0.000000146. The van der Waals surface area contributed by atoms with Crippen molar-refractivity contribution in [2.24, 2.45) is 0 Å². The molecule has 0 amide bonds. The molecule has 8 aromatic heterocycles. The van der Waals surface area contributed by atoms with Gasteiger partial charge in [0.1, 0.15) is 0 Å². The zero-order chi connectivity index (χ0) is 37.5. The normalized spacial score (nSPS) is 10.9. The van der Waals surface area contributed by atoms with Crippen molar-refractivity contribution in [2.45, 2.75) is 0 Å². The number of nitrogens with zero attached hydrogens (tertiary/aromatic N) is 8. The highest BCUT2D eigenvalue weighted by Gasteiger charge is 2.13. The predicted octanol–water partition coefficient (Wildman–Crippen LogP) is 10.8. The van der Waals surface area contributed by atoms with Gasteiger partial charge in [-0.3, -0.25) is 29.9 Å². The number of rotatable bonds is 6. The number of aromatic nitrogens is 8. The lowest BCUT2D eigenvalue weighted by Crippen LogP contribution is -1.92. The van der Waals surface area contributed by atoms with Crippen LogP contribution in [-0.2, 0) is 0 Å². The van der Waals surface area contributed by atoms with E-state index in [2.05, 4.69) is 90.6 Å². The molecule has 264 valence electrons. The van der Waals surface area contributed by atoms with Gasteiger partial charge in [0.15, 0.2) is 0 Å². The Bertz CT molecular complexity index is 2580. The molecule has 0 unspecified atom stereocenters. The van der Waals surface area contributed by atoms with E-state index in [1.807, 2.05) is 85.5 Å². The molecule has 0 N–H and O–H groups in total. The molecule has 0 saturated heterocycles. The lowest BCUT2D eigenvalue weighted by Gasteiger charge is -2.11. The summed E-state index contributed by atoms with van der Waals surface area (Å²) in [7, 11) is 0. The minimum Gasteiger partial charge on any atom is -0.265 e. The van der Waals surface area contributed by atoms with Crippen LogP contribution in [0.1, 0.15) is 0 Å². The molecule has 2 aromatic carbocycles. The fourth-order valence-electron chi connectivity index (χ4n) is 6.75. The summed E-state index contributed by atoms with van der Waals surface area (Å²) in [6.45, 7) is 0. The van der Waals surface area contributed by atoms with Crippen LogP contribution in [0.3, 0.4) is 0 Å². The highest BCUT2D eigenvalue weighted by molar-refractivity contribution is 5.98. The smallest absolute Gasteiger partial charge is 0.0716 e. The molecule has 10 aromatic rings. The molecule has 0 bridgehead atoms. The third-order valence-electron chi connectivity index (χ3n) is 9.51. The van der Waals surface area contributed by atoms with Crippen LogP contribution in [0.2, 0.25) is 0 Å². The summed E-state index contributed by atoms with van der Waals surface area (Å²) < 4.78 is 0. The van der Waals surface area contributed by atoms with Gasteiger partial charge in [0.05, 0.1) is 22.8 Å². The number of benzene rings is 2. The maximum Gasteiger partial charge on any atom is 0.0716 e. The number of pyridine rings is 8. The van der Waals surface area contributed by atoms with Gasteiger partial charge in [0.2, 0.25) is 0 Å². The second-order valence-electron chi connectivity index (χ2n) is 13.0. The fraction of sp³-hybridized carbons (Fsp3) is 0. The molecule has 0 radical (unpaired) electrons. The molecule has 10 rings (SSSR count). The summed E-state index contributed by atoms with van der Waals surface area (Å²) in [5, 5.41) is 4.58. The summed E-state index contributed by atoms with van der Waals surface area (Å²) >= 11 is 0. The van der Waals surface area contributed by atoms with E-state index in [-0.39, 0.29) is 0 Å². The van der Waals surface area contributed by atoms with Gasteiger partial charge in [0, 0.05) is 119 Å². The number of hydrogen-bond donors (Lipinski definition) is 0. The summed E-state index contributed by atoms with van der Waals surface area (Å²) in [6.07, 6.45) is 21.9. The Morgan fingerprint density at radius 1 is 0.268 bits per heavy atom. The molecule has 0 atom stereocenters. The Kier molecular flexibility index (Phi) is 9.48. The second-order valence-corrected chi connectivity index (χ2v) is 13.0. The first-order valence-corrected chi connectivity index (χ1v) is 18.1. The first kappa shape index (κ1) is 34.0. The maximum atomic E-state index is 4.90. The highest BCUT2D eigenvalue weighted by Crippen LogP contribution is 2.35. The van der Waals surface area contributed by atoms with Gasteiger partial charge in [-0.15, -0.1) is 0 Å². The van der Waals surface area contributed by atoms with Crippen LogP contribution in [0.5, 0.6) is 0 Å². The predicted molar refractivity (Wildman–Crippen MR) is 223 cm³/mol. The maximum absolute atomic E-state index is 4.90. The van der Waals surface area contributed by atoms with Gasteiger partial charge < -0.3 is 0 Å². The van der Waals surface area contributed by atoms with Crippen LogP contribution in [-0.4, -0.2) is 39.9 Å². The van der Waals surface area contributed by atoms with Crippen LogP contribution < -0.4 is 0 Å². The van der Waals surface area contributed by atoms with E-state index >= 15 is 0 Å². The van der Waals surface area contributed by atoms with Crippen LogP contribution in [0.25, 0.3) is 88.8 Å². The minimum atomic E-state index is 0.902. The average Bonchev–Trinajstić information content (AvgIpc) is 3.29. The zero-order valence-corrected chi connectivity index (χ0v) is 30.1. The fourth-order valence-corrected chi connectivity index (χ4v) is 6.75. The quantitative estimate of drug-likeness (QED) is 0.167. The Morgan fingerprint density at radius 2 is 0.571 bits per heavy atom. The Hall–Kier alpha value is -7.84. The van der Waals surface area contributed by atoms with Gasteiger partial charge in [-0.25, -0.2) is 9.97 Å². The van der Waals surface area contributed by atoms with Crippen LogP contribution in [0.4, 0.5) is 0 Å². The second kappa shape index (κ2) is 15.6. The van der Waals surface area contributed by atoms with E-state index in [9.17, 15) is 0 Å². The monoisotopic (exact) mass is 720 g/mol. The van der Waals surface area contributed by atoms with Crippen molar-refractivity contribution in [1.29, 1.82) is 0 Å². The third kappa shape index (κ3) is 7.22. The number of hydrogen-bond acceptors (Lipinski definition) is 8. The van der Waals surface area contributed by atoms with Crippen molar-refractivity contribution in [2.75, 3.05) is 0 Å². The van der Waals surface area contributed by atoms with Gasteiger partial charge in [0.25, 0.3) is 0 Å². The summed E-state index contributed by atoms with van der Waals surface area (Å²) in [4.78, 5) is 35.2. The summed E-state index contributed by atoms with van der Waals surface area (Å²) in [5.41, 5.74) is 12.1. The van der Waals surface area contributed by atoms with Crippen LogP contribution >= 0.6 is 0 Å². The molecule has 0 saturated carbocycles. The van der Waals surface area contributed by atoms with E-state index in [0.717, 1.165) is 78.1 Å². The molecule has 8 nitrogen and oxygen atoms in total. The Morgan fingerprint density at radius 3 is 0.893 bits per heavy atom. The molecule has 0 aliphatic rings. The van der Waals surface area contributed by atoms with E-state index in [0.29, 0.717) is 0 Å². The molecule has 56 heavy (non-hydrogen) atoms. The average molecular weight is 721 g/mol. The molecular formula is C48H32N8. The van der Waals surface area contributed by atoms with Crippen LogP contribution in [0, 0.1) is 0 Å².